The van der Waals surface area contributed by atoms with Gasteiger partial charge in [-0.3, -0.25) is 14.5 Å². The zero-order valence-electron chi connectivity index (χ0n) is 16.9. The van der Waals surface area contributed by atoms with E-state index < -0.39 is 0 Å². The topological polar surface area (TPSA) is 43.9 Å². The molecule has 1 unspecified atom stereocenters. The van der Waals surface area contributed by atoms with Crippen LogP contribution in [0.3, 0.4) is 0 Å². The second kappa shape index (κ2) is 9.84. The first-order valence-corrected chi connectivity index (χ1v) is 12.7. The van der Waals surface area contributed by atoms with Gasteiger partial charge in [-0.2, -0.15) is 11.8 Å². The van der Waals surface area contributed by atoms with Crippen LogP contribution >= 0.6 is 27.7 Å². The van der Waals surface area contributed by atoms with E-state index in [9.17, 15) is 9.59 Å². The number of thioether (sulfide) groups is 1. The standard InChI is InChI=1S/C22H30BrN3O2S/c23-19-7-3-6-18(16-19)21(27)25-10-8-24(9-11-25)20(17-4-1-2-5-17)22(28)26-12-14-29-15-13-26/h3,6-7,16-17,20H,1-2,4-5,8-15H2. The molecule has 158 valence electrons. The first-order chi connectivity index (χ1) is 14.1. The first kappa shape index (κ1) is 21.2. The normalized spacial score (nSPS) is 22.7. The molecule has 2 saturated heterocycles. The third-order valence-electron chi connectivity index (χ3n) is 6.49. The predicted octanol–water partition coefficient (Wildman–Crippen LogP) is 3.34. The molecule has 0 spiro atoms. The van der Waals surface area contributed by atoms with Crippen LogP contribution in [0.4, 0.5) is 0 Å². The number of amides is 2. The highest BCUT2D eigenvalue weighted by molar-refractivity contribution is 9.10. The molecule has 1 aromatic rings. The van der Waals surface area contributed by atoms with Crippen molar-refractivity contribution in [3.8, 4) is 0 Å². The van der Waals surface area contributed by atoms with Crippen molar-refractivity contribution in [3.05, 3.63) is 34.3 Å². The van der Waals surface area contributed by atoms with Crippen molar-refractivity contribution < 1.29 is 9.59 Å². The van der Waals surface area contributed by atoms with Gasteiger partial charge >= 0.3 is 0 Å². The number of hydrogen-bond acceptors (Lipinski definition) is 4. The molecule has 2 aliphatic heterocycles. The van der Waals surface area contributed by atoms with Crippen molar-refractivity contribution in [1.29, 1.82) is 0 Å². The van der Waals surface area contributed by atoms with Crippen LogP contribution in [-0.4, -0.2) is 83.3 Å². The molecule has 2 heterocycles. The van der Waals surface area contributed by atoms with Crippen LogP contribution < -0.4 is 0 Å². The van der Waals surface area contributed by atoms with Crippen molar-refractivity contribution >= 4 is 39.5 Å². The molecule has 1 aromatic carbocycles. The van der Waals surface area contributed by atoms with Gasteiger partial charge in [-0.15, -0.1) is 0 Å². The first-order valence-electron chi connectivity index (χ1n) is 10.8. The smallest absolute Gasteiger partial charge is 0.253 e. The van der Waals surface area contributed by atoms with Crippen LogP contribution in [0.5, 0.6) is 0 Å². The van der Waals surface area contributed by atoms with Gasteiger partial charge < -0.3 is 9.80 Å². The van der Waals surface area contributed by atoms with E-state index in [0.29, 0.717) is 24.9 Å². The molecule has 5 nitrogen and oxygen atoms in total. The average molecular weight is 480 g/mol. The lowest BCUT2D eigenvalue weighted by molar-refractivity contribution is -0.139. The van der Waals surface area contributed by atoms with Gasteiger partial charge in [0.2, 0.25) is 5.91 Å². The maximum atomic E-state index is 13.4. The van der Waals surface area contributed by atoms with Crippen molar-refractivity contribution in [1.82, 2.24) is 14.7 Å². The fourth-order valence-corrected chi connectivity index (χ4v) is 6.21. The summed E-state index contributed by atoms with van der Waals surface area (Å²) in [6, 6.07) is 7.60. The third kappa shape index (κ3) is 5.00. The molecular formula is C22H30BrN3O2S. The highest BCUT2D eigenvalue weighted by Gasteiger charge is 2.39. The molecular weight excluding hydrogens is 450 g/mol. The Balaban J connectivity index is 1.42. The predicted molar refractivity (Wildman–Crippen MR) is 121 cm³/mol. The van der Waals surface area contributed by atoms with Crippen molar-refractivity contribution in [2.75, 3.05) is 50.8 Å². The van der Waals surface area contributed by atoms with Gasteiger partial charge in [0.05, 0.1) is 6.04 Å². The van der Waals surface area contributed by atoms with E-state index in [-0.39, 0.29) is 11.9 Å². The number of halogens is 1. The summed E-state index contributed by atoms with van der Waals surface area (Å²) in [6.07, 6.45) is 4.81. The summed E-state index contributed by atoms with van der Waals surface area (Å²) in [5.74, 6) is 3.01. The van der Waals surface area contributed by atoms with Crippen molar-refractivity contribution in [3.63, 3.8) is 0 Å². The Kier molecular flexibility index (Phi) is 7.19. The maximum absolute atomic E-state index is 13.4. The van der Waals surface area contributed by atoms with E-state index in [1.54, 1.807) is 0 Å². The highest BCUT2D eigenvalue weighted by Crippen LogP contribution is 2.32. The number of nitrogens with zero attached hydrogens (tertiary/aromatic N) is 3. The van der Waals surface area contributed by atoms with Gasteiger partial charge in [0.25, 0.3) is 5.91 Å². The molecule has 7 heteroatoms. The van der Waals surface area contributed by atoms with Crippen LogP contribution in [0, 0.1) is 5.92 Å². The number of rotatable bonds is 4. The molecule has 0 aromatic heterocycles. The minimum absolute atomic E-state index is 0.00345. The molecule has 4 rings (SSSR count). The van der Waals surface area contributed by atoms with Gasteiger partial charge in [0, 0.05) is 60.8 Å². The lowest BCUT2D eigenvalue weighted by Crippen LogP contribution is -2.59. The lowest BCUT2D eigenvalue weighted by Gasteiger charge is -2.43. The monoisotopic (exact) mass is 479 g/mol. The average Bonchev–Trinajstić information content (AvgIpc) is 3.29. The quantitative estimate of drug-likeness (QED) is 0.663. The summed E-state index contributed by atoms with van der Waals surface area (Å²) in [5.41, 5.74) is 0.724. The van der Waals surface area contributed by atoms with Crippen LogP contribution in [0.1, 0.15) is 36.0 Å². The Hall–Kier alpha value is -1.05. The van der Waals surface area contributed by atoms with E-state index >= 15 is 0 Å². The van der Waals surface area contributed by atoms with Gasteiger partial charge in [-0.05, 0) is 37.0 Å². The zero-order chi connectivity index (χ0) is 20.2. The van der Waals surface area contributed by atoms with Crippen LogP contribution in [0.15, 0.2) is 28.7 Å². The number of carbonyl (C=O) groups is 2. The van der Waals surface area contributed by atoms with E-state index in [4.69, 9.17) is 0 Å². The molecule has 1 saturated carbocycles. The number of piperazine rings is 1. The van der Waals surface area contributed by atoms with Gasteiger partial charge in [-0.1, -0.05) is 34.8 Å². The van der Waals surface area contributed by atoms with E-state index in [1.165, 1.54) is 12.8 Å². The molecule has 1 aliphatic carbocycles. The van der Waals surface area contributed by atoms with Crippen molar-refractivity contribution in [2.24, 2.45) is 5.92 Å². The van der Waals surface area contributed by atoms with Crippen molar-refractivity contribution in [2.45, 2.75) is 31.7 Å². The summed E-state index contributed by atoms with van der Waals surface area (Å²) < 4.78 is 0.925. The minimum Gasteiger partial charge on any atom is -0.340 e. The second-order valence-electron chi connectivity index (χ2n) is 8.27. The van der Waals surface area contributed by atoms with E-state index in [0.717, 1.165) is 60.6 Å². The minimum atomic E-state index is 0.00345. The summed E-state index contributed by atoms with van der Waals surface area (Å²) in [4.78, 5) is 32.7. The lowest BCUT2D eigenvalue weighted by atomic mass is 9.94. The van der Waals surface area contributed by atoms with Gasteiger partial charge in [-0.25, -0.2) is 0 Å². The zero-order valence-corrected chi connectivity index (χ0v) is 19.3. The Morgan fingerprint density at radius 1 is 0.966 bits per heavy atom. The highest BCUT2D eigenvalue weighted by atomic mass is 79.9. The van der Waals surface area contributed by atoms with Gasteiger partial charge in [0.1, 0.15) is 0 Å². The summed E-state index contributed by atoms with van der Waals surface area (Å²) >= 11 is 5.39. The Morgan fingerprint density at radius 3 is 2.31 bits per heavy atom. The molecule has 0 radical (unpaired) electrons. The largest absolute Gasteiger partial charge is 0.340 e. The Morgan fingerprint density at radius 2 is 1.66 bits per heavy atom. The Labute approximate surface area is 186 Å². The summed E-state index contributed by atoms with van der Waals surface area (Å²) in [5, 5.41) is 0. The van der Waals surface area contributed by atoms with Crippen LogP contribution in [0.2, 0.25) is 0 Å². The summed E-state index contributed by atoms with van der Waals surface area (Å²) in [7, 11) is 0. The molecule has 0 bridgehead atoms. The number of carbonyl (C=O) groups excluding carboxylic acids is 2. The second-order valence-corrected chi connectivity index (χ2v) is 10.4. The fraction of sp³-hybridized carbons (Fsp3) is 0.636. The molecule has 1 atom stereocenters. The number of benzene rings is 1. The molecule has 3 aliphatic rings. The molecule has 0 N–H and O–H groups in total. The molecule has 2 amide bonds. The molecule has 3 fully saturated rings. The maximum Gasteiger partial charge on any atom is 0.253 e. The van der Waals surface area contributed by atoms with Gasteiger partial charge in [0.15, 0.2) is 0 Å². The van der Waals surface area contributed by atoms with Crippen LogP contribution in [0.25, 0.3) is 0 Å². The fourth-order valence-electron chi connectivity index (χ4n) is 4.91. The Bertz CT molecular complexity index is 727. The van der Waals surface area contributed by atoms with E-state index in [2.05, 4.69) is 25.7 Å². The third-order valence-corrected chi connectivity index (χ3v) is 7.92. The SMILES string of the molecule is O=C(c1cccc(Br)c1)N1CCN(C(C(=O)N2CCSCC2)C2CCCC2)CC1. The number of hydrogen-bond donors (Lipinski definition) is 0. The summed E-state index contributed by atoms with van der Waals surface area (Å²) in [6.45, 7) is 4.72. The van der Waals surface area contributed by atoms with Crippen LogP contribution in [-0.2, 0) is 4.79 Å². The molecule has 29 heavy (non-hydrogen) atoms. The van der Waals surface area contributed by atoms with E-state index in [1.807, 2.05) is 40.9 Å².